The van der Waals surface area contributed by atoms with Crippen LogP contribution in [0.4, 0.5) is 5.88 Å². The minimum atomic E-state index is -0.293. The van der Waals surface area contributed by atoms with E-state index in [4.69, 9.17) is 10.3 Å². The number of nitrogens with zero attached hydrogens (tertiary/aromatic N) is 2. The maximum Gasteiger partial charge on any atom is 0.259 e. The molecule has 1 atom stereocenters. The van der Waals surface area contributed by atoms with Crippen LogP contribution < -0.4 is 11.1 Å². The van der Waals surface area contributed by atoms with E-state index in [0.717, 1.165) is 12.8 Å². The summed E-state index contributed by atoms with van der Waals surface area (Å²) in [5, 5.41) is 6.87. The fourth-order valence-electron chi connectivity index (χ4n) is 2.62. The van der Waals surface area contributed by atoms with E-state index in [2.05, 4.69) is 27.6 Å². The van der Waals surface area contributed by atoms with Crippen molar-refractivity contribution in [1.82, 2.24) is 15.5 Å². The number of carbonyl (C=O) groups excluding carboxylic acids is 1. The molecule has 0 bridgehead atoms. The summed E-state index contributed by atoms with van der Waals surface area (Å²) in [6.07, 6.45) is 4.98. The Morgan fingerprint density at radius 2 is 2.04 bits per heavy atom. The molecule has 0 aliphatic rings. The predicted molar refractivity (Wildman–Crippen MR) is 95.8 cm³/mol. The van der Waals surface area contributed by atoms with E-state index in [0.29, 0.717) is 11.3 Å². The zero-order valence-electron chi connectivity index (χ0n) is 14.0. The molecule has 3 rings (SSSR count). The van der Waals surface area contributed by atoms with Crippen molar-refractivity contribution in [3.63, 3.8) is 0 Å². The number of nitrogens with two attached hydrogens (primary N) is 1. The first kappa shape index (κ1) is 16.7. The summed E-state index contributed by atoms with van der Waals surface area (Å²) in [4.78, 5) is 16.7. The Balaban J connectivity index is 1.68. The monoisotopic (exact) mass is 336 g/mol. The average molecular weight is 336 g/mol. The van der Waals surface area contributed by atoms with E-state index in [1.807, 2.05) is 25.1 Å². The summed E-state index contributed by atoms with van der Waals surface area (Å²) in [5.41, 5.74) is 8.39. The minimum absolute atomic E-state index is 0.00612. The van der Waals surface area contributed by atoms with Gasteiger partial charge in [0.1, 0.15) is 11.3 Å². The molecule has 1 unspecified atom stereocenters. The quantitative estimate of drug-likeness (QED) is 0.721. The molecule has 2 heterocycles. The molecule has 128 valence electrons. The van der Waals surface area contributed by atoms with Gasteiger partial charge in [-0.2, -0.15) is 0 Å². The summed E-state index contributed by atoms with van der Waals surface area (Å²) in [6, 6.07) is 13.7. The lowest BCUT2D eigenvalue weighted by Gasteiger charge is -2.14. The molecule has 6 heteroatoms. The van der Waals surface area contributed by atoms with E-state index in [9.17, 15) is 4.79 Å². The van der Waals surface area contributed by atoms with Crippen LogP contribution in [0.5, 0.6) is 0 Å². The number of hydrogen-bond donors (Lipinski definition) is 2. The largest absolute Gasteiger partial charge is 0.367 e. The van der Waals surface area contributed by atoms with Gasteiger partial charge in [-0.1, -0.05) is 35.5 Å². The van der Waals surface area contributed by atoms with Gasteiger partial charge in [-0.25, -0.2) is 0 Å². The van der Waals surface area contributed by atoms with Crippen molar-refractivity contribution in [2.24, 2.45) is 0 Å². The van der Waals surface area contributed by atoms with Crippen molar-refractivity contribution in [2.45, 2.75) is 25.8 Å². The van der Waals surface area contributed by atoms with E-state index in [1.165, 1.54) is 5.56 Å². The SMILES string of the molecule is CC(CCc1ccccc1)NC(=O)c1c(-c2cccnc2)noc1N. The number of aromatic nitrogens is 2. The molecule has 0 saturated carbocycles. The number of rotatable bonds is 6. The van der Waals surface area contributed by atoms with E-state index < -0.39 is 0 Å². The number of anilines is 1. The van der Waals surface area contributed by atoms with Crippen LogP contribution in [0.15, 0.2) is 59.4 Å². The van der Waals surface area contributed by atoms with Crippen LogP contribution in [-0.2, 0) is 6.42 Å². The molecular weight excluding hydrogens is 316 g/mol. The maximum absolute atomic E-state index is 12.6. The predicted octanol–water partition coefficient (Wildman–Crippen LogP) is 3.07. The Labute approximate surface area is 146 Å². The Kier molecular flexibility index (Phi) is 5.09. The Morgan fingerprint density at radius 3 is 2.76 bits per heavy atom. The van der Waals surface area contributed by atoms with Crippen LogP contribution in [0.3, 0.4) is 0 Å². The van der Waals surface area contributed by atoms with Gasteiger partial charge in [-0.05, 0) is 37.5 Å². The Bertz CT molecular complexity index is 831. The smallest absolute Gasteiger partial charge is 0.259 e. The third kappa shape index (κ3) is 4.03. The van der Waals surface area contributed by atoms with Gasteiger partial charge in [0.15, 0.2) is 0 Å². The van der Waals surface area contributed by atoms with Crippen molar-refractivity contribution >= 4 is 11.8 Å². The van der Waals surface area contributed by atoms with Crippen LogP contribution in [0.25, 0.3) is 11.3 Å². The standard InChI is InChI=1S/C19H20N4O2/c1-13(9-10-14-6-3-2-4-7-14)22-19(24)16-17(23-25-18(16)20)15-8-5-11-21-12-15/h2-8,11-13H,9-10,20H2,1H3,(H,22,24). The van der Waals surface area contributed by atoms with Gasteiger partial charge >= 0.3 is 0 Å². The molecule has 6 nitrogen and oxygen atoms in total. The summed E-state index contributed by atoms with van der Waals surface area (Å²) in [5.74, 6) is -0.287. The highest BCUT2D eigenvalue weighted by Crippen LogP contribution is 2.26. The lowest BCUT2D eigenvalue weighted by molar-refractivity contribution is 0.0939. The summed E-state index contributed by atoms with van der Waals surface area (Å²) >= 11 is 0. The highest BCUT2D eigenvalue weighted by molar-refractivity contribution is 6.03. The van der Waals surface area contributed by atoms with Crippen LogP contribution in [-0.4, -0.2) is 22.1 Å². The molecule has 0 radical (unpaired) electrons. The van der Waals surface area contributed by atoms with Crippen LogP contribution in [0.2, 0.25) is 0 Å². The zero-order valence-corrected chi connectivity index (χ0v) is 14.0. The van der Waals surface area contributed by atoms with Crippen molar-refractivity contribution in [1.29, 1.82) is 0 Å². The molecule has 0 spiro atoms. The molecule has 0 aliphatic carbocycles. The number of pyridine rings is 1. The number of benzene rings is 1. The van der Waals surface area contributed by atoms with Gasteiger partial charge in [-0.3, -0.25) is 9.78 Å². The third-order valence-electron chi connectivity index (χ3n) is 3.97. The fraction of sp³-hybridized carbons (Fsp3) is 0.211. The lowest BCUT2D eigenvalue weighted by atomic mass is 10.1. The number of nitrogen functional groups attached to an aromatic ring is 1. The lowest BCUT2D eigenvalue weighted by Crippen LogP contribution is -2.33. The normalized spacial score (nSPS) is 11.9. The van der Waals surface area contributed by atoms with Gasteiger partial charge in [0, 0.05) is 24.0 Å². The topological polar surface area (TPSA) is 94.0 Å². The van der Waals surface area contributed by atoms with E-state index in [-0.39, 0.29) is 23.4 Å². The highest BCUT2D eigenvalue weighted by atomic mass is 16.5. The molecular formula is C19H20N4O2. The third-order valence-corrected chi connectivity index (χ3v) is 3.97. The van der Waals surface area contributed by atoms with Crippen LogP contribution >= 0.6 is 0 Å². The molecule has 25 heavy (non-hydrogen) atoms. The van der Waals surface area contributed by atoms with Gasteiger partial charge in [0.05, 0.1) is 0 Å². The second-order valence-corrected chi connectivity index (χ2v) is 5.91. The van der Waals surface area contributed by atoms with Crippen molar-refractivity contribution in [3.8, 4) is 11.3 Å². The van der Waals surface area contributed by atoms with Gasteiger partial charge in [0.2, 0.25) is 5.88 Å². The van der Waals surface area contributed by atoms with E-state index >= 15 is 0 Å². The number of amides is 1. The number of carbonyl (C=O) groups is 1. The van der Waals surface area contributed by atoms with Crippen molar-refractivity contribution < 1.29 is 9.32 Å². The van der Waals surface area contributed by atoms with Gasteiger partial charge < -0.3 is 15.6 Å². The first-order valence-electron chi connectivity index (χ1n) is 8.15. The molecule has 0 saturated heterocycles. The number of aryl methyl sites for hydroxylation is 1. The highest BCUT2D eigenvalue weighted by Gasteiger charge is 2.23. The second kappa shape index (κ2) is 7.61. The summed E-state index contributed by atoms with van der Waals surface area (Å²) < 4.78 is 5.02. The molecule has 2 aromatic heterocycles. The van der Waals surface area contributed by atoms with Gasteiger partial charge in [-0.15, -0.1) is 0 Å². The van der Waals surface area contributed by atoms with Crippen LogP contribution in [0.1, 0.15) is 29.3 Å². The molecule has 3 N–H and O–H groups in total. The minimum Gasteiger partial charge on any atom is -0.367 e. The molecule has 0 fully saturated rings. The Hall–Kier alpha value is -3.15. The molecule has 3 aromatic rings. The average Bonchev–Trinajstić information content (AvgIpc) is 3.03. The number of nitrogens with one attached hydrogen (secondary N) is 1. The summed E-state index contributed by atoms with van der Waals surface area (Å²) in [7, 11) is 0. The first-order valence-corrected chi connectivity index (χ1v) is 8.15. The molecule has 1 aromatic carbocycles. The van der Waals surface area contributed by atoms with E-state index in [1.54, 1.807) is 24.5 Å². The van der Waals surface area contributed by atoms with Gasteiger partial charge in [0.25, 0.3) is 5.91 Å². The first-order chi connectivity index (χ1) is 12.1. The number of hydrogen-bond acceptors (Lipinski definition) is 5. The second-order valence-electron chi connectivity index (χ2n) is 5.91. The fourth-order valence-corrected chi connectivity index (χ4v) is 2.62. The summed E-state index contributed by atoms with van der Waals surface area (Å²) in [6.45, 7) is 1.97. The Morgan fingerprint density at radius 1 is 1.24 bits per heavy atom. The molecule has 0 aliphatic heterocycles. The van der Waals surface area contributed by atoms with Crippen molar-refractivity contribution in [2.75, 3.05) is 5.73 Å². The van der Waals surface area contributed by atoms with Crippen LogP contribution in [0, 0.1) is 0 Å². The zero-order chi connectivity index (χ0) is 17.6. The van der Waals surface area contributed by atoms with Crippen molar-refractivity contribution in [3.05, 3.63) is 66.0 Å². The maximum atomic E-state index is 12.6. The molecule has 1 amide bonds.